The Hall–Kier alpha value is -2.07. The average molecular weight is 294 g/mol. The molecule has 0 heterocycles. The molecule has 5 heteroatoms. The summed E-state index contributed by atoms with van der Waals surface area (Å²) in [4.78, 5) is 11.9. The molecular weight excluding hydrogens is 281 g/mol. The van der Waals surface area contributed by atoms with Gasteiger partial charge in [-0.15, -0.1) is 0 Å². The first-order valence-corrected chi connectivity index (χ1v) is 6.32. The Bertz CT molecular complexity index is 658. The Kier molecular flexibility index (Phi) is 4.25. The first kappa shape index (κ1) is 14.3. The maximum absolute atomic E-state index is 13.0. The number of nitrogen functional groups attached to an aromatic ring is 1. The van der Waals surface area contributed by atoms with Crippen molar-refractivity contribution in [1.29, 1.82) is 0 Å². The normalized spacial score (nSPS) is 10.3. The van der Waals surface area contributed by atoms with E-state index < -0.39 is 11.8 Å². The molecular formula is C15H13ClFNO2. The maximum atomic E-state index is 13.0. The summed E-state index contributed by atoms with van der Waals surface area (Å²) in [5, 5.41) is 0.00205. The molecule has 0 saturated heterocycles. The molecule has 3 nitrogen and oxygen atoms in total. The summed E-state index contributed by atoms with van der Waals surface area (Å²) < 4.78 is 18.2. The smallest absolute Gasteiger partial charge is 0.338 e. The van der Waals surface area contributed by atoms with E-state index in [1.807, 2.05) is 0 Å². The number of carbonyl (C=O) groups excluding carboxylic acids is 1. The van der Waals surface area contributed by atoms with Crippen LogP contribution >= 0.6 is 11.6 Å². The predicted octanol–water partition coefficient (Wildman–Crippen LogP) is 3.73. The van der Waals surface area contributed by atoms with Gasteiger partial charge in [-0.1, -0.05) is 17.7 Å². The molecule has 0 bridgehead atoms. The number of hydrogen-bond acceptors (Lipinski definition) is 3. The standard InChI is InChI=1S/C15H13ClFNO2/c1-9-6-11(18)3-4-12(9)15(19)20-8-10-2-5-14(17)13(16)7-10/h2-7H,8,18H2,1H3. The molecule has 0 aliphatic carbocycles. The number of aryl methyl sites for hydroxylation is 1. The van der Waals surface area contributed by atoms with Crippen molar-refractivity contribution in [1.82, 2.24) is 0 Å². The molecule has 2 aromatic carbocycles. The Morgan fingerprint density at radius 3 is 2.70 bits per heavy atom. The van der Waals surface area contributed by atoms with Crippen molar-refractivity contribution in [3.8, 4) is 0 Å². The van der Waals surface area contributed by atoms with E-state index in [2.05, 4.69) is 0 Å². The SMILES string of the molecule is Cc1cc(N)ccc1C(=O)OCc1ccc(F)c(Cl)c1. The fourth-order valence-corrected chi connectivity index (χ4v) is 1.98. The predicted molar refractivity (Wildman–Crippen MR) is 76.1 cm³/mol. The van der Waals surface area contributed by atoms with E-state index >= 15 is 0 Å². The van der Waals surface area contributed by atoms with Gasteiger partial charge >= 0.3 is 5.97 Å². The first-order valence-electron chi connectivity index (χ1n) is 5.94. The molecule has 0 aromatic heterocycles. The molecule has 0 atom stereocenters. The lowest BCUT2D eigenvalue weighted by Gasteiger charge is -2.08. The van der Waals surface area contributed by atoms with Gasteiger partial charge in [-0.3, -0.25) is 0 Å². The van der Waals surface area contributed by atoms with Crippen molar-refractivity contribution in [2.75, 3.05) is 5.73 Å². The van der Waals surface area contributed by atoms with Crippen LogP contribution in [0.4, 0.5) is 10.1 Å². The van der Waals surface area contributed by atoms with Crippen LogP contribution in [-0.4, -0.2) is 5.97 Å². The monoisotopic (exact) mass is 293 g/mol. The van der Waals surface area contributed by atoms with Crippen LogP contribution in [0.3, 0.4) is 0 Å². The zero-order valence-corrected chi connectivity index (χ0v) is 11.6. The number of ether oxygens (including phenoxy) is 1. The number of carbonyl (C=O) groups is 1. The second-order valence-electron chi connectivity index (χ2n) is 4.40. The number of hydrogen-bond donors (Lipinski definition) is 1. The highest BCUT2D eigenvalue weighted by molar-refractivity contribution is 6.30. The minimum atomic E-state index is -0.504. The molecule has 0 aliphatic heterocycles. The third-order valence-electron chi connectivity index (χ3n) is 2.82. The number of nitrogens with two attached hydrogens (primary N) is 1. The van der Waals surface area contributed by atoms with Gasteiger partial charge in [-0.2, -0.15) is 0 Å². The fourth-order valence-electron chi connectivity index (χ4n) is 1.77. The average Bonchev–Trinajstić information content (AvgIpc) is 2.40. The maximum Gasteiger partial charge on any atom is 0.338 e. The quantitative estimate of drug-likeness (QED) is 0.693. The molecule has 0 saturated carbocycles. The van der Waals surface area contributed by atoms with Gasteiger partial charge in [0.25, 0.3) is 0 Å². The molecule has 0 amide bonds. The van der Waals surface area contributed by atoms with E-state index in [4.69, 9.17) is 22.1 Å². The third-order valence-corrected chi connectivity index (χ3v) is 3.11. The van der Waals surface area contributed by atoms with Crippen LogP contribution in [0.15, 0.2) is 36.4 Å². The molecule has 0 radical (unpaired) electrons. The van der Waals surface area contributed by atoms with E-state index in [9.17, 15) is 9.18 Å². The van der Waals surface area contributed by atoms with Gasteiger partial charge in [0.15, 0.2) is 0 Å². The second-order valence-corrected chi connectivity index (χ2v) is 4.81. The first-order chi connectivity index (χ1) is 9.47. The Morgan fingerprint density at radius 1 is 1.30 bits per heavy atom. The van der Waals surface area contributed by atoms with Crippen molar-refractivity contribution in [3.05, 3.63) is 63.9 Å². The molecule has 0 aliphatic rings. The summed E-state index contributed by atoms with van der Waals surface area (Å²) in [5.41, 5.74) is 8.03. The Labute approximate surface area is 121 Å². The summed E-state index contributed by atoms with van der Waals surface area (Å²) in [6.45, 7) is 1.81. The van der Waals surface area contributed by atoms with E-state index in [0.717, 1.165) is 5.56 Å². The zero-order valence-electron chi connectivity index (χ0n) is 10.8. The minimum absolute atomic E-state index is 0.00205. The molecule has 2 N–H and O–H groups in total. The number of halogens is 2. The van der Waals surface area contributed by atoms with Crippen LogP contribution in [-0.2, 0) is 11.3 Å². The number of rotatable bonds is 3. The van der Waals surface area contributed by atoms with Crippen LogP contribution in [0.5, 0.6) is 0 Å². The van der Waals surface area contributed by atoms with Gasteiger partial charge in [0.1, 0.15) is 12.4 Å². The lowest BCUT2D eigenvalue weighted by Crippen LogP contribution is -2.07. The van der Waals surface area contributed by atoms with Crippen LogP contribution in [0.25, 0.3) is 0 Å². The largest absolute Gasteiger partial charge is 0.457 e. The van der Waals surface area contributed by atoms with E-state index in [1.54, 1.807) is 25.1 Å². The third kappa shape index (κ3) is 3.27. The lowest BCUT2D eigenvalue weighted by molar-refractivity contribution is 0.0472. The molecule has 104 valence electrons. The van der Waals surface area contributed by atoms with Crippen LogP contribution in [0.2, 0.25) is 5.02 Å². The Balaban J connectivity index is 2.06. The summed E-state index contributed by atoms with van der Waals surface area (Å²) in [5.74, 6) is -0.959. The van der Waals surface area contributed by atoms with Crippen LogP contribution < -0.4 is 5.73 Å². The van der Waals surface area contributed by atoms with Crippen molar-refractivity contribution in [3.63, 3.8) is 0 Å². The molecule has 0 spiro atoms. The van der Waals surface area contributed by atoms with Gasteiger partial charge in [0.2, 0.25) is 0 Å². The highest BCUT2D eigenvalue weighted by Gasteiger charge is 2.11. The Morgan fingerprint density at radius 2 is 2.05 bits per heavy atom. The fraction of sp³-hybridized carbons (Fsp3) is 0.133. The summed E-state index contributed by atoms with van der Waals surface area (Å²) in [6, 6.07) is 9.14. The van der Waals surface area contributed by atoms with E-state index in [0.29, 0.717) is 16.8 Å². The van der Waals surface area contributed by atoms with E-state index in [1.165, 1.54) is 18.2 Å². The molecule has 0 unspecified atom stereocenters. The summed E-state index contributed by atoms with van der Waals surface area (Å²) in [6.07, 6.45) is 0. The highest BCUT2D eigenvalue weighted by Crippen LogP contribution is 2.18. The number of esters is 1. The van der Waals surface area contributed by atoms with Crippen LogP contribution in [0, 0.1) is 12.7 Å². The van der Waals surface area contributed by atoms with Gasteiger partial charge < -0.3 is 10.5 Å². The summed E-state index contributed by atoms with van der Waals surface area (Å²) >= 11 is 5.66. The summed E-state index contributed by atoms with van der Waals surface area (Å²) in [7, 11) is 0. The number of anilines is 1. The second kappa shape index (κ2) is 5.92. The molecule has 2 aromatic rings. The minimum Gasteiger partial charge on any atom is -0.457 e. The molecule has 20 heavy (non-hydrogen) atoms. The van der Waals surface area contributed by atoms with Gasteiger partial charge in [-0.05, 0) is 48.4 Å². The lowest BCUT2D eigenvalue weighted by atomic mass is 10.1. The van der Waals surface area contributed by atoms with Gasteiger partial charge in [-0.25, -0.2) is 9.18 Å². The molecule has 0 fully saturated rings. The van der Waals surface area contributed by atoms with Crippen LogP contribution in [0.1, 0.15) is 21.5 Å². The van der Waals surface area contributed by atoms with Crippen molar-refractivity contribution in [2.45, 2.75) is 13.5 Å². The topological polar surface area (TPSA) is 52.3 Å². The van der Waals surface area contributed by atoms with Crippen molar-refractivity contribution in [2.24, 2.45) is 0 Å². The van der Waals surface area contributed by atoms with Crippen molar-refractivity contribution >= 4 is 23.3 Å². The highest BCUT2D eigenvalue weighted by atomic mass is 35.5. The molecule has 2 rings (SSSR count). The number of benzene rings is 2. The van der Waals surface area contributed by atoms with Gasteiger partial charge in [0.05, 0.1) is 10.6 Å². The van der Waals surface area contributed by atoms with Gasteiger partial charge in [0, 0.05) is 5.69 Å². The van der Waals surface area contributed by atoms with E-state index in [-0.39, 0.29) is 11.6 Å². The van der Waals surface area contributed by atoms with Crippen molar-refractivity contribution < 1.29 is 13.9 Å². The zero-order chi connectivity index (χ0) is 14.7.